The van der Waals surface area contributed by atoms with Gasteiger partial charge in [0.2, 0.25) is 0 Å². The van der Waals surface area contributed by atoms with Crippen molar-refractivity contribution in [3.8, 4) is 0 Å². The minimum absolute atomic E-state index is 0.588. The van der Waals surface area contributed by atoms with Gasteiger partial charge in [-0.1, -0.05) is 49.3 Å². The summed E-state index contributed by atoms with van der Waals surface area (Å²) in [4.78, 5) is 4.48. The van der Waals surface area contributed by atoms with Crippen LogP contribution in [0.25, 0.3) is 0 Å². The van der Waals surface area contributed by atoms with Gasteiger partial charge in [0.25, 0.3) is 0 Å². The normalized spacial score (nSPS) is 20.0. The number of rotatable bonds is 2. The predicted molar refractivity (Wildman–Crippen MR) is 73.6 cm³/mol. The maximum Gasteiger partial charge on any atom is 0.161 e. The van der Waals surface area contributed by atoms with Crippen molar-refractivity contribution in [3.05, 3.63) is 29.3 Å². The molecule has 1 atom stereocenters. The Morgan fingerprint density at radius 3 is 2.81 bits per heavy atom. The molecule has 1 aliphatic rings. The zero-order valence-corrected chi connectivity index (χ0v) is 11.0. The molecule has 0 aromatic heterocycles. The number of anilines is 1. The third-order valence-corrected chi connectivity index (χ3v) is 4.32. The first-order chi connectivity index (χ1) is 7.66. The van der Waals surface area contributed by atoms with Gasteiger partial charge in [-0.3, -0.25) is 4.99 Å². The molecule has 2 nitrogen and oxygen atoms in total. The van der Waals surface area contributed by atoms with Crippen molar-refractivity contribution in [2.45, 2.75) is 19.1 Å². The van der Waals surface area contributed by atoms with Gasteiger partial charge in [-0.05, 0) is 18.1 Å². The Bertz CT molecular complexity index is 404. The molecule has 0 amide bonds. The Kier molecular flexibility index (Phi) is 3.77. The van der Waals surface area contributed by atoms with Crippen LogP contribution in [0.1, 0.15) is 13.8 Å². The predicted octanol–water partition coefficient (Wildman–Crippen LogP) is 3.88. The molecule has 1 aromatic rings. The van der Waals surface area contributed by atoms with Gasteiger partial charge in [-0.25, -0.2) is 0 Å². The molecule has 4 heteroatoms. The Balaban J connectivity index is 2.00. The smallest absolute Gasteiger partial charge is 0.161 e. The van der Waals surface area contributed by atoms with E-state index >= 15 is 0 Å². The van der Waals surface area contributed by atoms with Crippen LogP contribution in [0.5, 0.6) is 0 Å². The standard InChI is InChI=1S/C12H15ClN2S/c1-8(2)11-7-14-12(16-11)15-10-6-4-3-5-9(10)13/h3-6,8,11H,7H2,1-2H3,(H,14,15). The van der Waals surface area contributed by atoms with E-state index in [0.717, 1.165) is 22.4 Å². The van der Waals surface area contributed by atoms with Gasteiger partial charge >= 0.3 is 0 Å². The van der Waals surface area contributed by atoms with Crippen LogP contribution >= 0.6 is 23.4 Å². The van der Waals surface area contributed by atoms with Gasteiger partial charge in [0.15, 0.2) is 5.17 Å². The van der Waals surface area contributed by atoms with Crippen molar-refractivity contribution >= 4 is 34.2 Å². The first-order valence-corrected chi connectivity index (χ1v) is 6.65. The molecular formula is C12H15ClN2S. The fourth-order valence-corrected chi connectivity index (χ4v) is 2.69. The molecular weight excluding hydrogens is 240 g/mol. The van der Waals surface area contributed by atoms with Gasteiger partial charge in [-0.15, -0.1) is 0 Å². The monoisotopic (exact) mass is 254 g/mol. The van der Waals surface area contributed by atoms with E-state index in [-0.39, 0.29) is 0 Å². The highest BCUT2D eigenvalue weighted by Crippen LogP contribution is 2.29. The Labute approximate surface area is 105 Å². The molecule has 1 N–H and O–H groups in total. The fraction of sp³-hybridized carbons (Fsp3) is 0.417. The van der Waals surface area contributed by atoms with Crippen LogP contribution in [-0.2, 0) is 0 Å². The average molecular weight is 255 g/mol. The largest absolute Gasteiger partial charge is 0.334 e. The van der Waals surface area contributed by atoms with E-state index < -0.39 is 0 Å². The minimum Gasteiger partial charge on any atom is -0.334 e. The lowest BCUT2D eigenvalue weighted by Gasteiger charge is -2.12. The lowest BCUT2D eigenvalue weighted by atomic mass is 10.1. The van der Waals surface area contributed by atoms with Crippen molar-refractivity contribution in [2.75, 3.05) is 11.9 Å². The minimum atomic E-state index is 0.588. The molecule has 0 radical (unpaired) electrons. The maximum absolute atomic E-state index is 6.07. The molecule has 16 heavy (non-hydrogen) atoms. The van der Waals surface area contributed by atoms with E-state index in [4.69, 9.17) is 11.6 Å². The fourth-order valence-electron chi connectivity index (χ4n) is 1.48. The second kappa shape index (κ2) is 5.11. The van der Waals surface area contributed by atoms with Gasteiger partial charge < -0.3 is 5.32 Å². The van der Waals surface area contributed by atoms with Crippen LogP contribution in [0.3, 0.4) is 0 Å². The summed E-state index contributed by atoms with van der Waals surface area (Å²) in [7, 11) is 0. The van der Waals surface area contributed by atoms with E-state index in [1.165, 1.54) is 0 Å². The quantitative estimate of drug-likeness (QED) is 0.866. The molecule has 0 spiro atoms. The zero-order chi connectivity index (χ0) is 11.5. The number of halogens is 1. The van der Waals surface area contributed by atoms with Crippen molar-refractivity contribution in [1.29, 1.82) is 0 Å². The van der Waals surface area contributed by atoms with E-state index in [2.05, 4.69) is 24.2 Å². The van der Waals surface area contributed by atoms with Crippen LogP contribution in [0.4, 0.5) is 5.69 Å². The second-order valence-corrected chi connectivity index (χ2v) is 5.79. The Morgan fingerprint density at radius 2 is 2.19 bits per heavy atom. The number of benzene rings is 1. The second-order valence-electron chi connectivity index (χ2n) is 4.15. The molecule has 0 bridgehead atoms. The number of aliphatic imine (C=N–C) groups is 1. The van der Waals surface area contributed by atoms with Crippen molar-refractivity contribution in [3.63, 3.8) is 0 Å². The highest BCUT2D eigenvalue weighted by molar-refractivity contribution is 8.15. The van der Waals surface area contributed by atoms with Crippen LogP contribution in [-0.4, -0.2) is 17.0 Å². The molecule has 1 unspecified atom stereocenters. The van der Waals surface area contributed by atoms with Crippen molar-refractivity contribution in [1.82, 2.24) is 0 Å². The summed E-state index contributed by atoms with van der Waals surface area (Å²) < 4.78 is 0. The van der Waals surface area contributed by atoms with Gasteiger partial charge in [0.05, 0.1) is 17.3 Å². The Morgan fingerprint density at radius 1 is 1.44 bits per heavy atom. The molecule has 0 saturated carbocycles. The summed E-state index contributed by atoms with van der Waals surface area (Å²) in [6.07, 6.45) is 0. The number of nitrogens with one attached hydrogen (secondary N) is 1. The summed E-state index contributed by atoms with van der Waals surface area (Å²) in [5.41, 5.74) is 0.930. The molecule has 0 saturated heterocycles. The first kappa shape index (κ1) is 11.8. The van der Waals surface area contributed by atoms with Gasteiger partial charge in [-0.2, -0.15) is 0 Å². The number of thioether (sulfide) groups is 1. The molecule has 86 valence electrons. The van der Waals surface area contributed by atoms with E-state index in [1.54, 1.807) is 11.8 Å². The number of amidine groups is 1. The van der Waals surface area contributed by atoms with E-state index in [1.807, 2.05) is 24.3 Å². The van der Waals surface area contributed by atoms with Crippen molar-refractivity contribution < 1.29 is 0 Å². The number of hydrogen-bond donors (Lipinski definition) is 1. The van der Waals surface area contributed by atoms with Gasteiger partial charge in [0.1, 0.15) is 0 Å². The lowest BCUT2D eigenvalue weighted by molar-refractivity contribution is 0.621. The summed E-state index contributed by atoms with van der Waals surface area (Å²) in [6, 6.07) is 7.74. The first-order valence-electron chi connectivity index (χ1n) is 5.39. The lowest BCUT2D eigenvalue weighted by Crippen LogP contribution is -2.13. The third-order valence-electron chi connectivity index (χ3n) is 2.54. The number of nitrogens with zero attached hydrogens (tertiary/aromatic N) is 1. The van der Waals surface area contributed by atoms with E-state index in [9.17, 15) is 0 Å². The van der Waals surface area contributed by atoms with Gasteiger partial charge in [0, 0.05) is 5.25 Å². The molecule has 1 aromatic carbocycles. The SMILES string of the molecule is CC(C)C1CN=C(Nc2ccccc2Cl)S1. The van der Waals surface area contributed by atoms with Crippen LogP contribution in [0.15, 0.2) is 29.3 Å². The van der Waals surface area contributed by atoms with Crippen LogP contribution in [0, 0.1) is 5.92 Å². The van der Waals surface area contributed by atoms with Crippen LogP contribution < -0.4 is 5.32 Å². The molecule has 1 heterocycles. The topological polar surface area (TPSA) is 24.4 Å². The molecule has 2 rings (SSSR count). The zero-order valence-electron chi connectivity index (χ0n) is 9.40. The number of hydrogen-bond acceptors (Lipinski definition) is 3. The number of para-hydroxylation sites is 1. The molecule has 1 aliphatic heterocycles. The van der Waals surface area contributed by atoms with E-state index in [0.29, 0.717) is 11.2 Å². The highest BCUT2D eigenvalue weighted by Gasteiger charge is 2.22. The molecule has 0 aliphatic carbocycles. The molecule has 0 fully saturated rings. The third kappa shape index (κ3) is 2.71. The summed E-state index contributed by atoms with van der Waals surface area (Å²) in [6.45, 7) is 5.35. The maximum atomic E-state index is 6.07. The van der Waals surface area contributed by atoms with Crippen LogP contribution in [0.2, 0.25) is 5.02 Å². The summed E-state index contributed by atoms with van der Waals surface area (Å²) in [5.74, 6) is 0.652. The Hall–Kier alpha value is -0.670. The van der Waals surface area contributed by atoms with Crippen molar-refractivity contribution in [2.24, 2.45) is 10.9 Å². The summed E-state index contributed by atoms with van der Waals surface area (Å²) in [5, 5.41) is 5.58. The average Bonchev–Trinajstić information content (AvgIpc) is 2.70. The highest BCUT2D eigenvalue weighted by atomic mass is 35.5. The summed E-state index contributed by atoms with van der Waals surface area (Å²) >= 11 is 7.88.